The molecule has 11 heteroatoms. The first-order chi connectivity index (χ1) is 17.9. The molecule has 0 unspecified atom stereocenters. The van der Waals surface area contributed by atoms with E-state index in [4.69, 9.17) is 14.2 Å². The van der Waals surface area contributed by atoms with Crippen LogP contribution >= 0.6 is 11.8 Å². The Morgan fingerprint density at radius 1 is 1.03 bits per heavy atom. The van der Waals surface area contributed by atoms with E-state index in [1.807, 2.05) is 35.8 Å². The molecule has 0 spiro atoms. The summed E-state index contributed by atoms with van der Waals surface area (Å²) in [7, 11) is 3.09. The first-order valence-corrected chi connectivity index (χ1v) is 12.2. The van der Waals surface area contributed by atoms with E-state index in [2.05, 4.69) is 10.2 Å². The SMILES string of the molecule is COc1ccc(-n2c(C)nnc2S[C@H](C[N+](=O)[O-])c2ccc(OCc3cccc(F)c3)c(OC)c2)cc1. The molecule has 0 bridgehead atoms. The van der Waals surface area contributed by atoms with Gasteiger partial charge in [-0.15, -0.1) is 10.2 Å². The zero-order valence-electron chi connectivity index (χ0n) is 20.5. The lowest BCUT2D eigenvalue weighted by molar-refractivity contribution is -0.479. The maximum Gasteiger partial charge on any atom is 0.220 e. The summed E-state index contributed by atoms with van der Waals surface area (Å²) in [6.07, 6.45) is 0. The third kappa shape index (κ3) is 6.36. The summed E-state index contributed by atoms with van der Waals surface area (Å²) in [4.78, 5) is 11.2. The molecule has 1 heterocycles. The maximum absolute atomic E-state index is 13.5. The van der Waals surface area contributed by atoms with Crippen molar-refractivity contribution in [1.29, 1.82) is 0 Å². The molecular weight excluding hydrogens is 499 g/mol. The largest absolute Gasteiger partial charge is 0.497 e. The molecule has 0 saturated heterocycles. The Labute approximate surface area is 217 Å². The Bertz CT molecular complexity index is 1380. The number of ether oxygens (including phenoxy) is 3. The van der Waals surface area contributed by atoms with Crippen LogP contribution < -0.4 is 14.2 Å². The average Bonchev–Trinajstić information content (AvgIpc) is 3.26. The number of benzene rings is 3. The van der Waals surface area contributed by atoms with Crippen LogP contribution in [-0.4, -0.2) is 40.5 Å². The monoisotopic (exact) mass is 524 g/mol. The third-order valence-electron chi connectivity index (χ3n) is 5.53. The fourth-order valence-corrected chi connectivity index (χ4v) is 4.88. The van der Waals surface area contributed by atoms with E-state index in [1.54, 1.807) is 37.4 Å². The normalized spacial score (nSPS) is 11.7. The van der Waals surface area contributed by atoms with Gasteiger partial charge in [-0.2, -0.15) is 0 Å². The molecule has 0 aliphatic heterocycles. The zero-order valence-corrected chi connectivity index (χ0v) is 21.3. The van der Waals surface area contributed by atoms with Gasteiger partial charge in [0.2, 0.25) is 6.54 Å². The fourth-order valence-electron chi connectivity index (χ4n) is 3.71. The predicted octanol–water partition coefficient (Wildman–Crippen LogP) is 5.42. The van der Waals surface area contributed by atoms with Crippen LogP contribution in [0, 0.1) is 22.9 Å². The molecule has 4 rings (SSSR count). The quantitative estimate of drug-likeness (QED) is 0.146. The van der Waals surface area contributed by atoms with Gasteiger partial charge < -0.3 is 14.2 Å². The second kappa shape index (κ2) is 11.7. The second-order valence-electron chi connectivity index (χ2n) is 8.01. The Balaban J connectivity index is 1.60. The van der Waals surface area contributed by atoms with Gasteiger partial charge in [-0.3, -0.25) is 14.7 Å². The van der Waals surface area contributed by atoms with E-state index in [1.165, 1.54) is 31.0 Å². The van der Waals surface area contributed by atoms with Gasteiger partial charge >= 0.3 is 0 Å². The molecule has 37 heavy (non-hydrogen) atoms. The average molecular weight is 525 g/mol. The Morgan fingerprint density at radius 2 is 1.81 bits per heavy atom. The van der Waals surface area contributed by atoms with Crippen LogP contribution in [0.15, 0.2) is 71.9 Å². The molecule has 0 aliphatic carbocycles. The van der Waals surface area contributed by atoms with Gasteiger partial charge in [0.05, 0.1) is 14.2 Å². The summed E-state index contributed by atoms with van der Waals surface area (Å²) in [5.74, 6) is 1.86. The molecule has 0 amide bonds. The molecule has 0 aliphatic rings. The summed E-state index contributed by atoms with van der Waals surface area (Å²) >= 11 is 1.24. The minimum Gasteiger partial charge on any atom is -0.497 e. The lowest BCUT2D eigenvalue weighted by Crippen LogP contribution is -2.11. The number of aromatic nitrogens is 3. The number of halogens is 1. The van der Waals surface area contributed by atoms with Crippen LogP contribution in [0.3, 0.4) is 0 Å². The van der Waals surface area contributed by atoms with Crippen molar-refractivity contribution in [3.8, 4) is 22.9 Å². The summed E-state index contributed by atoms with van der Waals surface area (Å²) in [5.41, 5.74) is 2.14. The van der Waals surface area contributed by atoms with Gasteiger partial charge in [0.1, 0.15) is 29.2 Å². The van der Waals surface area contributed by atoms with Gasteiger partial charge in [0.15, 0.2) is 16.7 Å². The van der Waals surface area contributed by atoms with Crippen LogP contribution in [0.2, 0.25) is 0 Å². The van der Waals surface area contributed by atoms with E-state index in [9.17, 15) is 14.5 Å². The number of methoxy groups -OCH3 is 2. The number of thioether (sulfide) groups is 1. The molecule has 0 saturated carbocycles. The summed E-state index contributed by atoms with van der Waals surface area (Å²) in [6, 6.07) is 18.7. The van der Waals surface area contributed by atoms with Crippen molar-refractivity contribution in [3.05, 3.63) is 99.6 Å². The van der Waals surface area contributed by atoms with E-state index < -0.39 is 5.25 Å². The molecule has 0 fully saturated rings. The van der Waals surface area contributed by atoms with Crippen LogP contribution in [-0.2, 0) is 6.61 Å². The maximum atomic E-state index is 13.5. The topological polar surface area (TPSA) is 102 Å². The zero-order chi connectivity index (χ0) is 26.4. The van der Waals surface area contributed by atoms with Crippen molar-refractivity contribution in [3.63, 3.8) is 0 Å². The minimum atomic E-state index is -0.582. The Hall–Kier alpha value is -4.12. The number of hydrogen-bond acceptors (Lipinski definition) is 8. The molecule has 1 aromatic heterocycles. The van der Waals surface area contributed by atoms with Crippen LogP contribution in [0.5, 0.6) is 17.2 Å². The molecule has 0 radical (unpaired) electrons. The van der Waals surface area contributed by atoms with Crippen molar-refractivity contribution in [2.45, 2.75) is 23.9 Å². The lowest BCUT2D eigenvalue weighted by Gasteiger charge is -2.17. The van der Waals surface area contributed by atoms with Gasteiger partial charge in [0, 0.05) is 10.6 Å². The summed E-state index contributed by atoms with van der Waals surface area (Å²) < 4.78 is 31.9. The van der Waals surface area contributed by atoms with E-state index in [-0.39, 0.29) is 23.9 Å². The van der Waals surface area contributed by atoms with Crippen molar-refractivity contribution in [2.75, 3.05) is 20.8 Å². The van der Waals surface area contributed by atoms with E-state index in [0.717, 1.165) is 5.69 Å². The number of aryl methyl sites for hydroxylation is 1. The standard InChI is InChI=1S/C26H25FN4O5S/c1-17-28-29-26(31(17)21-8-10-22(34-2)11-9-21)37-25(15-30(32)33)19-7-12-23(24(14-19)35-3)36-16-18-5-4-6-20(27)13-18/h4-14,25H,15-16H2,1-3H3/t25-/m1/s1. The Morgan fingerprint density at radius 3 is 2.49 bits per heavy atom. The third-order valence-corrected chi connectivity index (χ3v) is 6.71. The highest BCUT2D eigenvalue weighted by atomic mass is 32.2. The highest BCUT2D eigenvalue weighted by molar-refractivity contribution is 7.99. The van der Waals surface area contributed by atoms with Gasteiger partial charge in [-0.25, -0.2) is 4.39 Å². The van der Waals surface area contributed by atoms with Crippen LogP contribution in [0.4, 0.5) is 4.39 Å². The number of nitro groups is 1. The highest BCUT2D eigenvalue weighted by Crippen LogP contribution is 2.39. The van der Waals surface area contributed by atoms with Crippen molar-refractivity contribution in [2.24, 2.45) is 0 Å². The molecule has 9 nitrogen and oxygen atoms in total. The molecular formula is C26H25FN4O5S. The molecule has 192 valence electrons. The first-order valence-electron chi connectivity index (χ1n) is 11.3. The van der Waals surface area contributed by atoms with Crippen LogP contribution in [0.1, 0.15) is 22.2 Å². The van der Waals surface area contributed by atoms with Crippen molar-refractivity contribution >= 4 is 11.8 Å². The number of rotatable bonds is 11. The number of hydrogen-bond donors (Lipinski definition) is 0. The Kier molecular flexibility index (Phi) is 8.24. The van der Waals surface area contributed by atoms with Crippen molar-refractivity contribution < 1.29 is 23.5 Å². The lowest BCUT2D eigenvalue weighted by atomic mass is 10.1. The molecule has 4 aromatic rings. The molecule has 3 aromatic carbocycles. The van der Waals surface area contributed by atoms with Gasteiger partial charge in [-0.05, 0) is 66.6 Å². The summed E-state index contributed by atoms with van der Waals surface area (Å²) in [6.45, 7) is 1.62. The highest BCUT2D eigenvalue weighted by Gasteiger charge is 2.25. The van der Waals surface area contributed by atoms with Crippen molar-refractivity contribution in [1.82, 2.24) is 14.8 Å². The van der Waals surface area contributed by atoms with Crippen LogP contribution in [0.25, 0.3) is 5.69 Å². The second-order valence-corrected chi connectivity index (χ2v) is 9.18. The molecule has 1 atom stereocenters. The first kappa shape index (κ1) is 26.0. The van der Waals surface area contributed by atoms with E-state index in [0.29, 0.717) is 39.4 Å². The summed E-state index contributed by atoms with van der Waals surface area (Å²) in [5, 5.41) is 20.0. The predicted molar refractivity (Wildman–Crippen MR) is 137 cm³/mol. The van der Waals surface area contributed by atoms with Gasteiger partial charge in [0.25, 0.3) is 0 Å². The fraction of sp³-hybridized carbons (Fsp3) is 0.231. The van der Waals surface area contributed by atoms with E-state index >= 15 is 0 Å². The van der Waals surface area contributed by atoms with Gasteiger partial charge in [-0.1, -0.05) is 30.0 Å². The minimum absolute atomic E-state index is 0.144. The smallest absolute Gasteiger partial charge is 0.220 e. The number of nitrogens with zero attached hydrogens (tertiary/aromatic N) is 4. The molecule has 0 N–H and O–H groups in total.